The lowest BCUT2D eigenvalue weighted by atomic mass is 9.93. The quantitative estimate of drug-likeness (QED) is 0.355. The molecule has 2 unspecified atom stereocenters. The number of esters is 1. The van der Waals surface area contributed by atoms with E-state index >= 15 is 0 Å². The Balaban J connectivity index is 1.72. The number of hydrogen-bond acceptors (Lipinski definition) is 6. The highest BCUT2D eigenvalue weighted by molar-refractivity contribution is 6.43. The van der Waals surface area contributed by atoms with E-state index in [1.54, 1.807) is 24.3 Å². The number of oxime groups is 2. The molecule has 31 heavy (non-hydrogen) atoms. The molecule has 6 nitrogen and oxygen atoms in total. The molecule has 0 N–H and O–H groups in total. The summed E-state index contributed by atoms with van der Waals surface area (Å²) in [5.41, 5.74) is 1.93. The van der Waals surface area contributed by atoms with Crippen molar-refractivity contribution in [2.75, 3.05) is 14.2 Å². The summed E-state index contributed by atoms with van der Waals surface area (Å²) in [6, 6.07) is 10.7. The van der Waals surface area contributed by atoms with Crippen molar-refractivity contribution in [2.24, 2.45) is 16.2 Å². The number of carbonyl (C=O) groups excluding carboxylic acids is 1. The van der Waals surface area contributed by atoms with Gasteiger partial charge in [0.1, 0.15) is 25.4 Å². The summed E-state index contributed by atoms with van der Waals surface area (Å²) in [6.45, 7) is 3.82. The first kappa shape index (κ1) is 22.4. The largest absolute Gasteiger partial charge is 0.464 e. The van der Waals surface area contributed by atoms with Crippen molar-refractivity contribution in [3.63, 3.8) is 0 Å². The van der Waals surface area contributed by atoms with Crippen molar-refractivity contribution in [1.82, 2.24) is 0 Å². The fourth-order valence-corrected chi connectivity index (χ4v) is 3.75. The molecule has 8 heteroatoms. The van der Waals surface area contributed by atoms with Crippen LogP contribution in [0.15, 0.2) is 52.8 Å². The van der Waals surface area contributed by atoms with Gasteiger partial charge in [0.2, 0.25) is 0 Å². The maximum absolute atomic E-state index is 14.2. The molecular weight excluding hydrogens is 406 g/mol. The van der Waals surface area contributed by atoms with Crippen LogP contribution in [0.3, 0.4) is 0 Å². The molecule has 164 valence electrons. The molecule has 1 saturated carbocycles. The molecule has 0 spiro atoms. The molecule has 1 aliphatic rings. The van der Waals surface area contributed by atoms with E-state index < -0.39 is 23.0 Å². The van der Waals surface area contributed by atoms with Crippen molar-refractivity contribution in [3.05, 3.63) is 70.8 Å². The number of nitrogens with zero attached hydrogens (tertiary/aromatic N) is 2. The first-order valence-electron chi connectivity index (χ1n) is 9.71. The number of rotatable bonds is 8. The second kappa shape index (κ2) is 9.24. The molecule has 0 amide bonds. The molecule has 1 fully saturated rings. The molecule has 0 bridgehead atoms. The van der Waals surface area contributed by atoms with E-state index in [1.807, 2.05) is 13.8 Å². The van der Waals surface area contributed by atoms with Gasteiger partial charge in [-0.15, -0.1) is 0 Å². The van der Waals surface area contributed by atoms with E-state index in [2.05, 4.69) is 10.3 Å². The van der Waals surface area contributed by atoms with Crippen LogP contribution in [0.5, 0.6) is 0 Å². The fraction of sp³-hybridized carbons (Fsp3) is 0.348. The summed E-state index contributed by atoms with van der Waals surface area (Å²) >= 11 is 0. The summed E-state index contributed by atoms with van der Waals surface area (Å²) in [7, 11) is 2.60. The maximum Gasteiger partial charge on any atom is 0.360 e. The lowest BCUT2D eigenvalue weighted by molar-refractivity contribution is -0.132. The average molecular weight is 430 g/mol. The Bertz CT molecular complexity index is 1040. The predicted octanol–water partition coefficient (Wildman–Crippen LogP) is 4.36. The lowest BCUT2D eigenvalue weighted by Crippen LogP contribution is -2.19. The topological polar surface area (TPSA) is 69.5 Å². The van der Waals surface area contributed by atoms with E-state index in [4.69, 9.17) is 14.4 Å². The van der Waals surface area contributed by atoms with Gasteiger partial charge in [-0.3, -0.25) is 0 Å². The standard InChI is InChI=1S/C23H24F2N2O4/c1-14(19-12-23(19,2)18-10-9-16(24)11-20(18)25)26-31-13-15-7-5-6-8-17(15)21(27-30-4)22(28)29-3/h5-11,19H,12-13H2,1-4H3/b26-14+,27-21-. The zero-order valence-corrected chi connectivity index (χ0v) is 17.8. The van der Waals surface area contributed by atoms with E-state index in [1.165, 1.54) is 26.4 Å². The highest BCUT2D eigenvalue weighted by atomic mass is 19.1. The molecule has 0 aliphatic heterocycles. The summed E-state index contributed by atoms with van der Waals surface area (Å²) in [6.07, 6.45) is 0.692. The predicted molar refractivity (Wildman–Crippen MR) is 112 cm³/mol. The monoisotopic (exact) mass is 430 g/mol. The van der Waals surface area contributed by atoms with Crippen molar-refractivity contribution < 1.29 is 28.0 Å². The van der Waals surface area contributed by atoms with Crippen LogP contribution in [0.25, 0.3) is 0 Å². The van der Waals surface area contributed by atoms with Crippen LogP contribution < -0.4 is 0 Å². The minimum atomic E-state index is -0.635. The summed E-state index contributed by atoms with van der Waals surface area (Å²) in [4.78, 5) is 22.3. The summed E-state index contributed by atoms with van der Waals surface area (Å²) < 4.78 is 32.2. The van der Waals surface area contributed by atoms with Gasteiger partial charge >= 0.3 is 5.97 Å². The molecule has 0 aromatic heterocycles. The highest BCUT2D eigenvalue weighted by Crippen LogP contribution is 2.55. The third-order valence-electron chi connectivity index (χ3n) is 5.55. The van der Waals surface area contributed by atoms with Gasteiger partial charge in [-0.25, -0.2) is 13.6 Å². The Morgan fingerprint density at radius 2 is 1.90 bits per heavy atom. The van der Waals surface area contributed by atoms with Crippen molar-refractivity contribution in [2.45, 2.75) is 32.3 Å². The molecule has 2 atom stereocenters. The lowest BCUT2D eigenvalue weighted by Gasteiger charge is -2.13. The highest BCUT2D eigenvalue weighted by Gasteiger charge is 2.54. The van der Waals surface area contributed by atoms with Crippen LogP contribution in [0, 0.1) is 17.6 Å². The number of benzene rings is 2. The van der Waals surface area contributed by atoms with Crippen molar-refractivity contribution in [3.8, 4) is 0 Å². The van der Waals surface area contributed by atoms with E-state index in [-0.39, 0.29) is 18.2 Å². The number of carbonyl (C=O) groups is 1. The Kier molecular flexibility index (Phi) is 6.68. The van der Waals surface area contributed by atoms with Crippen LogP contribution in [0.1, 0.15) is 37.0 Å². The molecule has 2 aromatic rings. The third kappa shape index (κ3) is 4.73. The second-order valence-corrected chi connectivity index (χ2v) is 7.58. The Morgan fingerprint density at radius 3 is 2.58 bits per heavy atom. The Morgan fingerprint density at radius 1 is 1.16 bits per heavy atom. The van der Waals surface area contributed by atoms with Gasteiger partial charge in [-0.2, -0.15) is 0 Å². The van der Waals surface area contributed by atoms with Gasteiger partial charge < -0.3 is 14.4 Å². The molecule has 0 radical (unpaired) electrons. The smallest absolute Gasteiger partial charge is 0.360 e. The van der Waals surface area contributed by atoms with E-state index in [0.717, 1.165) is 6.07 Å². The molecule has 0 heterocycles. The van der Waals surface area contributed by atoms with Gasteiger partial charge in [-0.05, 0) is 25.0 Å². The van der Waals surface area contributed by atoms with Crippen LogP contribution in [-0.2, 0) is 31.2 Å². The number of methoxy groups -OCH3 is 1. The van der Waals surface area contributed by atoms with E-state index in [9.17, 15) is 13.6 Å². The van der Waals surface area contributed by atoms with Gasteiger partial charge in [0.15, 0.2) is 5.71 Å². The second-order valence-electron chi connectivity index (χ2n) is 7.58. The normalized spacial score (nSPS) is 20.9. The van der Waals surface area contributed by atoms with Gasteiger partial charge in [0, 0.05) is 28.5 Å². The van der Waals surface area contributed by atoms with Gasteiger partial charge in [0.25, 0.3) is 0 Å². The molecule has 3 rings (SSSR count). The first-order chi connectivity index (χ1) is 14.8. The van der Waals surface area contributed by atoms with Crippen LogP contribution in [0.4, 0.5) is 8.78 Å². The zero-order chi connectivity index (χ0) is 22.6. The van der Waals surface area contributed by atoms with Gasteiger partial charge in [-0.1, -0.05) is 47.6 Å². The SMILES string of the molecule is CO/N=C(\C(=O)OC)c1ccccc1CO/N=C(\C)C1CC1(C)c1ccc(F)cc1F. The minimum Gasteiger partial charge on any atom is -0.464 e. The molecule has 0 saturated heterocycles. The third-order valence-corrected chi connectivity index (χ3v) is 5.55. The Labute approximate surface area is 179 Å². The number of hydrogen-bond donors (Lipinski definition) is 0. The molecule has 2 aromatic carbocycles. The van der Waals surface area contributed by atoms with Crippen LogP contribution >= 0.6 is 0 Å². The van der Waals surface area contributed by atoms with Crippen molar-refractivity contribution >= 4 is 17.4 Å². The average Bonchev–Trinajstić information content (AvgIpc) is 3.44. The first-order valence-corrected chi connectivity index (χ1v) is 9.71. The Hall–Kier alpha value is -3.29. The maximum atomic E-state index is 14.2. The minimum absolute atomic E-state index is 0.0108. The molecular formula is C23H24F2N2O4. The van der Waals surface area contributed by atoms with Crippen LogP contribution in [-0.4, -0.2) is 31.6 Å². The van der Waals surface area contributed by atoms with Crippen LogP contribution in [0.2, 0.25) is 0 Å². The zero-order valence-electron chi connectivity index (χ0n) is 17.8. The van der Waals surface area contributed by atoms with Crippen molar-refractivity contribution in [1.29, 1.82) is 0 Å². The van der Waals surface area contributed by atoms with E-state index in [0.29, 0.717) is 28.8 Å². The summed E-state index contributed by atoms with van der Waals surface area (Å²) in [5, 5.41) is 7.96. The van der Waals surface area contributed by atoms with Gasteiger partial charge in [0.05, 0.1) is 12.8 Å². The molecule has 1 aliphatic carbocycles. The number of halogens is 2. The summed E-state index contributed by atoms with van der Waals surface area (Å²) in [5.74, 6) is -1.80. The fourth-order valence-electron chi connectivity index (χ4n) is 3.75. The number of ether oxygens (including phenoxy) is 1.